The van der Waals surface area contributed by atoms with Crippen molar-refractivity contribution < 1.29 is 9.53 Å². The fraction of sp³-hybridized carbons (Fsp3) is 0.800. The average molecular weight is 232 g/mol. The van der Waals surface area contributed by atoms with Crippen molar-refractivity contribution in [3.8, 4) is 0 Å². The van der Waals surface area contributed by atoms with E-state index in [-0.39, 0.29) is 22.9 Å². The van der Waals surface area contributed by atoms with Crippen LogP contribution in [0.3, 0.4) is 0 Å². The molecule has 4 fully saturated rings. The number of rotatable bonds is 0. The van der Waals surface area contributed by atoms with Gasteiger partial charge in [0.1, 0.15) is 5.60 Å². The highest BCUT2D eigenvalue weighted by atomic mass is 16.6. The lowest BCUT2D eigenvalue weighted by Crippen LogP contribution is -2.35. The first-order valence-electron chi connectivity index (χ1n) is 6.73. The van der Waals surface area contributed by atoms with Crippen LogP contribution in [0.2, 0.25) is 0 Å². The van der Waals surface area contributed by atoms with Crippen LogP contribution in [0.5, 0.6) is 0 Å². The third-order valence-electron chi connectivity index (χ3n) is 6.20. The summed E-state index contributed by atoms with van der Waals surface area (Å²) in [6.07, 6.45) is 3.46. The van der Waals surface area contributed by atoms with Gasteiger partial charge in [0.05, 0.1) is 0 Å². The summed E-state index contributed by atoms with van der Waals surface area (Å²) >= 11 is 0. The zero-order chi connectivity index (χ0) is 12.2. The van der Waals surface area contributed by atoms with Crippen LogP contribution in [-0.2, 0) is 9.53 Å². The van der Waals surface area contributed by atoms with E-state index >= 15 is 0 Å². The molecule has 92 valence electrons. The molecule has 0 N–H and O–H groups in total. The Morgan fingerprint density at radius 1 is 1.24 bits per heavy atom. The van der Waals surface area contributed by atoms with Crippen molar-refractivity contribution in [2.45, 2.75) is 51.7 Å². The van der Waals surface area contributed by atoms with Crippen molar-refractivity contribution in [1.82, 2.24) is 0 Å². The monoisotopic (exact) mass is 232 g/mol. The van der Waals surface area contributed by atoms with Crippen molar-refractivity contribution >= 4 is 5.78 Å². The SMILES string of the molecule is C=C1C(=O)[C@@H]2O[C@@]23C[C@@H]2CC(C)(C)C[C@@H]2[C@@]13C. The molecule has 17 heavy (non-hydrogen) atoms. The van der Waals surface area contributed by atoms with Gasteiger partial charge in [-0.05, 0) is 36.5 Å². The van der Waals surface area contributed by atoms with Crippen molar-refractivity contribution in [2.24, 2.45) is 22.7 Å². The Morgan fingerprint density at radius 3 is 2.65 bits per heavy atom. The summed E-state index contributed by atoms with van der Waals surface area (Å²) < 4.78 is 5.84. The van der Waals surface area contributed by atoms with Crippen molar-refractivity contribution in [2.75, 3.05) is 0 Å². The lowest BCUT2D eigenvalue weighted by molar-refractivity contribution is -0.117. The molecule has 1 aliphatic heterocycles. The number of hydrogen-bond acceptors (Lipinski definition) is 2. The highest BCUT2D eigenvalue weighted by molar-refractivity contribution is 6.07. The van der Waals surface area contributed by atoms with Crippen LogP contribution in [0.15, 0.2) is 12.2 Å². The van der Waals surface area contributed by atoms with E-state index in [1.54, 1.807) is 0 Å². The molecule has 3 saturated carbocycles. The first kappa shape index (κ1) is 10.3. The molecule has 0 unspecified atom stereocenters. The molecule has 0 bridgehead atoms. The highest BCUT2D eigenvalue weighted by Gasteiger charge is 2.83. The summed E-state index contributed by atoms with van der Waals surface area (Å²) in [6.45, 7) is 11.1. The van der Waals surface area contributed by atoms with Crippen LogP contribution in [-0.4, -0.2) is 17.5 Å². The summed E-state index contributed by atoms with van der Waals surface area (Å²) in [6, 6.07) is 0. The van der Waals surface area contributed by atoms with Crippen LogP contribution in [0, 0.1) is 22.7 Å². The standard InChI is InChI=1S/C15H20O2/c1-8-11(16)12-15(17-12)6-9-5-13(2,3)7-10(9)14(8,15)4/h9-10,12H,1,5-7H2,2-4H3/t9-,10-,12-,14+,15-/m0/s1. The fourth-order valence-electron chi connectivity index (χ4n) is 5.39. The molecule has 2 nitrogen and oxygen atoms in total. The number of carbonyl (C=O) groups is 1. The van der Waals surface area contributed by atoms with Gasteiger partial charge in [0.25, 0.3) is 0 Å². The van der Waals surface area contributed by atoms with Crippen molar-refractivity contribution in [3.63, 3.8) is 0 Å². The molecule has 0 aromatic carbocycles. The Morgan fingerprint density at radius 2 is 1.94 bits per heavy atom. The molecule has 4 aliphatic rings. The van der Waals surface area contributed by atoms with E-state index in [1.165, 1.54) is 12.8 Å². The van der Waals surface area contributed by atoms with E-state index in [0.29, 0.717) is 11.3 Å². The molecule has 0 radical (unpaired) electrons. The third-order valence-corrected chi connectivity index (χ3v) is 6.20. The van der Waals surface area contributed by atoms with Crippen LogP contribution >= 0.6 is 0 Å². The van der Waals surface area contributed by atoms with E-state index in [2.05, 4.69) is 27.4 Å². The number of fused-ring (bicyclic) bond motifs is 2. The maximum atomic E-state index is 12.1. The molecule has 1 saturated heterocycles. The maximum Gasteiger partial charge on any atom is 0.190 e. The topological polar surface area (TPSA) is 29.6 Å². The van der Waals surface area contributed by atoms with Crippen LogP contribution in [0.25, 0.3) is 0 Å². The minimum atomic E-state index is -0.132. The number of hydrogen-bond donors (Lipinski definition) is 0. The van der Waals surface area contributed by atoms with E-state index in [1.807, 2.05) is 0 Å². The van der Waals surface area contributed by atoms with Crippen molar-refractivity contribution in [3.05, 3.63) is 12.2 Å². The number of carbonyl (C=O) groups excluding carboxylic acids is 1. The Balaban J connectivity index is 1.82. The van der Waals surface area contributed by atoms with Crippen LogP contribution in [0.1, 0.15) is 40.0 Å². The molecule has 3 aliphatic carbocycles. The summed E-state index contributed by atoms with van der Waals surface area (Å²) in [5.41, 5.74) is 1.09. The number of Topliss-reactive ketones (excluding diaryl/α,β-unsaturated/α-hetero) is 1. The van der Waals surface area contributed by atoms with Gasteiger partial charge in [-0.25, -0.2) is 0 Å². The third kappa shape index (κ3) is 0.865. The van der Waals surface area contributed by atoms with Gasteiger partial charge in [-0.1, -0.05) is 27.4 Å². The lowest BCUT2D eigenvalue weighted by atomic mass is 9.69. The van der Waals surface area contributed by atoms with Crippen LogP contribution in [0.4, 0.5) is 0 Å². The zero-order valence-corrected chi connectivity index (χ0v) is 10.9. The largest absolute Gasteiger partial charge is 0.356 e. The summed E-state index contributed by atoms with van der Waals surface area (Å²) in [5.74, 6) is 1.54. The van der Waals surface area contributed by atoms with E-state index in [4.69, 9.17) is 4.74 Å². The molecule has 2 heteroatoms. The van der Waals surface area contributed by atoms with Gasteiger partial charge >= 0.3 is 0 Å². The fourth-order valence-corrected chi connectivity index (χ4v) is 5.39. The number of ether oxygens (including phenoxy) is 1. The second-order valence-electron chi connectivity index (χ2n) is 7.58. The Kier molecular flexibility index (Phi) is 1.45. The highest BCUT2D eigenvalue weighted by Crippen LogP contribution is 2.76. The van der Waals surface area contributed by atoms with Gasteiger partial charge < -0.3 is 4.74 Å². The number of ketones is 1. The van der Waals surface area contributed by atoms with Gasteiger partial charge in [0.15, 0.2) is 11.9 Å². The molecule has 0 amide bonds. The first-order valence-corrected chi connectivity index (χ1v) is 6.73. The number of epoxide rings is 1. The summed E-state index contributed by atoms with van der Waals surface area (Å²) in [5, 5.41) is 0. The maximum absolute atomic E-state index is 12.1. The predicted octanol–water partition coefficient (Wildman–Crippen LogP) is 2.73. The molecule has 0 aromatic rings. The van der Waals surface area contributed by atoms with Gasteiger partial charge in [-0.15, -0.1) is 0 Å². The predicted molar refractivity (Wildman–Crippen MR) is 64.5 cm³/mol. The molecule has 1 spiro atoms. The quantitative estimate of drug-likeness (QED) is 0.475. The smallest absolute Gasteiger partial charge is 0.190 e. The summed E-state index contributed by atoms with van der Waals surface area (Å²) in [7, 11) is 0. The minimum Gasteiger partial charge on any atom is -0.356 e. The molecule has 4 rings (SSSR count). The second kappa shape index (κ2) is 2.40. The minimum absolute atomic E-state index is 0.0623. The Bertz CT molecular complexity index is 464. The Hall–Kier alpha value is -0.630. The van der Waals surface area contributed by atoms with Crippen LogP contribution < -0.4 is 0 Å². The molecule has 0 aromatic heterocycles. The van der Waals surface area contributed by atoms with Gasteiger partial charge in [-0.3, -0.25) is 4.79 Å². The van der Waals surface area contributed by atoms with E-state index in [9.17, 15) is 4.79 Å². The first-order chi connectivity index (χ1) is 7.82. The average Bonchev–Trinajstić information content (AvgIpc) is 2.77. The van der Waals surface area contributed by atoms with Crippen molar-refractivity contribution in [1.29, 1.82) is 0 Å². The van der Waals surface area contributed by atoms with Gasteiger partial charge in [0.2, 0.25) is 0 Å². The summed E-state index contributed by atoms with van der Waals surface area (Å²) in [4.78, 5) is 12.1. The van der Waals surface area contributed by atoms with Gasteiger partial charge in [-0.2, -0.15) is 0 Å². The van der Waals surface area contributed by atoms with E-state index in [0.717, 1.165) is 17.9 Å². The second-order valence-corrected chi connectivity index (χ2v) is 7.58. The molecular weight excluding hydrogens is 212 g/mol. The lowest BCUT2D eigenvalue weighted by Gasteiger charge is -2.34. The van der Waals surface area contributed by atoms with Gasteiger partial charge in [0, 0.05) is 11.0 Å². The Labute approximate surface area is 102 Å². The normalized spacial score (nSPS) is 57.9. The molecule has 1 heterocycles. The molecule has 5 atom stereocenters. The van der Waals surface area contributed by atoms with E-state index < -0.39 is 0 Å². The molecular formula is C15H20O2. The zero-order valence-electron chi connectivity index (χ0n) is 10.9.